The highest BCUT2D eigenvalue weighted by Gasteiger charge is 2.30. The molecule has 0 saturated heterocycles. The Kier molecular flexibility index (Phi) is 6.27. The van der Waals surface area contributed by atoms with E-state index >= 15 is 0 Å². The molecule has 128 valence electrons. The van der Waals surface area contributed by atoms with Gasteiger partial charge in [0, 0.05) is 12.3 Å². The van der Waals surface area contributed by atoms with Crippen molar-refractivity contribution in [1.82, 2.24) is 0 Å². The fraction of sp³-hybridized carbons (Fsp3) is 0.316. The Labute approximate surface area is 152 Å². The largest absolute Gasteiger partial charge is 0.377 e. The van der Waals surface area contributed by atoms with Crippen LogP contribution < -0.4 is 5.32 Å². The molecule has 1 N–H and O–H groups in total. The van der Waals surface area contributed by atoms with E-state index in [0.717, 1.165) is 16.8 Å². The summed E-state index contributed by atoms with van der Waals surface area (Å²) in [6.07, 6.45) is 0. The van der Waals surface area contributed by atoms with Crippen LogP contribution in [0.25, 0.3) is 0 Å². The summed E-state index contributed by atoms with van der Waals surface area (Å²) < 4.78 is 5.40. The lowest BCUT2D eigenvalue weighted by molar-refractivity contribution is -0.120. The van der Waals surface area contributed by atoms with E-state index in [4.69, 9.17) is 27.9 Å². The minimum Gasteiger partial charge on any atom is -0.377 e. The van der Waals surface area contributed by atoms with E-state index in [-0.39, 0.29) is 5.91 Å². The highest BCUT2D eigenvalue weighted by Crippen LogP contribution is 2.31. The zero-order valence-electron chi connectivity index (χ0n) is 14.0. The summed E-state index contributed by atoms with van der Waals surface area (Å²) in [4.78, 5) is 12.7. The molecule has 0 heterocycles. The summed E-state index contributed by atoms with van der Waals surface area (Å²) in [6, 6.07) is 12.9. The molecule has 0 aromatic heterocycles. The van der Waals surface area contributed by atoms with Crippen LogP contribution in [0.1, 0.15) is 31.9 Å². The lowest BCUT2D eigenvalue weighted by Gasteiger charge is -2.24. The lowest BCUT2D eigenvalue weighted by Crippen LogP contribution is -2.34. The van der Waals surface area contributed by atoms with Gasteiger partial charge in [-0.3, -0.25) is 4.79 Å². The van der Waals surface area contributed by atoms with Crippen LogP contribution in [-0.2, 0) is 21.6 Å². The molecule has 5 heteroatoms. The molecule has 3 nitrogen and oxygen atoms in total. The Morgan fingerprint density at radius 2 is 1.88 bits per heavy atom. The number of benzene rings is 2. The monoisotopic (exact) mass is 365 g/mol. The number of carbonyl (C=O) groups is 1. The van der Waals surface area contributed by atoms with E-state index in [1.54, 1.807) is 12.1 Å². The Hall–Kier alpha value is -1.55. The van der Waals surface area contributed by atoms with Crippen LogP contribution in [0.2, 0.25) is 10.0 Å². The third-order valence-electron chi connectivity index (χ3n) is 3.87. The average Bonchev–Trinajstić information content (AvgIpc) is 2.55. The molecule has 0 radical (unpaired) electrons. The number of amides is 1. The maximum Gasteiger partial charge on any atom is 0.234 e. The second-order valence-corrected chi connectivity index (χ2v) is 6.86. The molecule has 2 rings (SSSR count). The molecule has 24 heavy (non-hydrogen) atoms. The van der Waals surface area contributed by atoms with Crippen molar-refractivity contribution in [2.75, 3.05) is 11.9 Å². The first-order valence-electron chi connectivity index (χ1n) is 7.78. The molecule has 0 unspecified atom stereocenters. The van der Waals surface area contributed by atoms with Gasteiger partial charge in [-0.2, -0.15) is 0 Å². The molecule has 0 saturated carbocycles. The minimum absolute atomic E-state index is 0.116. The van der Waals surface area contributed by atoms with E-state index in [1.807, 2.05) is 51.1 Å². The maximum atomic E-state index is 12.7. The Morgan fingerprint density at radius 1 is 1.12 bits per heavy atom. The van der Waals surface area contributed by atoms with Gasteiger partial charge in [0.15, 0.2) is 0 Å². The SMILES string of the molecule is CCOCc1cccc(NC(=O)C(C)(C)c2ccc(Cl)c(Cl)c2)c1. The van der Waals surface area contributed by atoms with Crippen molar-refractivity contribution in [2.45, 2.75) is 32.8 Å². The number of hydrogen-bond donors (Lipinski definition) is 1. The van der Waals surface area contributed by atoms with Gasteiger partial charge in [0.05, 0.1) is 22.1 Å². The van der Waals surface area contributed by atoms with Crippen LogP contribution >= 0.6 is 23.2 Å². The molecule has 0 aliphatic carbocycles. The van der Waals surface area contributed by atoms with Crippen molar-refractivity contribution in [2.24, 2.45) is 0 Å². The van der Waals surface area contributed by atoms with Gasteiger partial charge >= 0.3 is 0 Å². The van der Waals surface area contributed by atoms with Gasteiger partial charge in [0.2, 0.25) is 5.91 Å². The highest BCUT2D eigenvalue weighted by molar-refractivity contribution is 6.42. The molecular weight excluding hydrogens is 345 g/mol. The number of nitrogens with one attached hydrogen (secondary N) is 1. The normalized spacial score (nSPS) is 11.4. The zero-order valence-corrected chi connectivity index (χ0v) is 15.5. The standard InChI is InChI=1S/C19H21Cl2NO2/c1-4-24-12-13-6-5-7-15(10-13)22-18(23)19(2,3)14-8-9-16(20)17(21)11-14/h5-11H,4,12H2,1-3H3,(H,22,23). The number of ether oxygens (including phenoxy) is 1. The first kappa shape index (κ1) is 18.8. The summed E-state index contributed by atoms with van der Waals surface area (Å²) in [7, 11) is 0. The summed E-state index contributed by atoms with van der Waals surface area (Å²) >= 11 is 12.0. The number of hydrogen-bond acceptors (Lipinski definition) is 2. The van der Waals surface area contributed by atoms with Crippen LogP contribution in [0.15, 0.2) is 42.5 Å². The zero-order chi connectivity index (χ0) is 17.7. The Morgan fingerprint density at radius 3 is 2.54 bits per heavy atom. The van der Waals surface area contributed by atoms with E-state index < -0.39 is 5.41 Å². The summed E-state index contributed by atoms with van der Waals surface area (Å²) in [6.45, 7) is 6.83. The predicted octanol–water partition coefficient (Wildman–Crippen LogP) is 5.45. The molecule has 2 aromatic rings. The summed E-state index contributed by atoms with van der Waals surface area (Å²) in [5.41, 5.74) is 1.82. The summed E-state index contributed by atoms with van der Waals surface area (Å²) in [5.74, 6) is -0.116. The molecule has 0 atom stereocenters. The first-order chi connectivity index (χ1) is 11.3. The van der Waals surface area contributed by atoms with E-state index in [9.17, 15) is 4.79 Å². The van der Waals surface area contributed by atoms with Crippen molar-refractivity contribution < 1.29 is 9.53 Å². The van der Waals surface area contributed by atoms with E-state index in [0.29, 0.717) is 23.3 Å². The van der Waals surface area contributed by atoms with Gasteiger partial charge in [0.25, 0.3) is 0 Å². The molecule has 0 spiro atoms. The molecule has 1 amide bonds. The molecule has 2 aromatic carbocycles. The number of halogens is 2. The van der Waals surface area contributed by atoms with Gasteiger partial charge in [0.1, 0.15) is 0 Å². The minimum atomic E-state index is -0.746. The van der Waals surface area contributed by atoms with Gasteiger partial charge in [-0.1, -0.05) is 41.4 Å². The number of rotatable bonds is 6. The molecule has 0 bridgehead atoms. The van der Waals surface area contributed by atoms with Crippen LogP contribution in [0.5, 0.6) is 0 Å². The van der Waals surface area contributed by atoms with Crippen LogP contribution in [0.4, 0.5) is 5.69 Å². The second-order valence-electron chi connectivity index (χ2n) is 6.05. The Bertz CT molecular complexity index is 729. The second kappa shape index (κ2) is 8.02. The molecule has 0 aliphatic heterocycles. The van der Waals surface area contributed by atoms with Crippen molar-refractivity contribution in [1.29, 1.82) is 0 Å². The fourth-order valence-electron chi connectivity index (χ4n) is 2.26. The number of anilines is 1. The lowest BCUT2D eigenvalue weighted by atomic mass is 9.83. The third kappa shape index (κ3) is 4.50. The van der Waals surface area contributed by atoms with Crippen molar-refractivity contribution in [3.8, 4) is 0 Å². The third-order valence-corrected chi connectivity index (χ3v) is 4.61. The van der Waals surface area contributed by atoms with Gasteiger partial charge in [-0.15, -0.1) is 0 Å². The van der Waals surface area contributed by atoms with Crippen molar-refractivity contribution >= 4 is 34.8 Å². The van der Waals surface area contributed by atoms with Gasteiger partial charge in [-0.05, 0) is 56.2 Å². The molecular formula is C19H21Cl2NO2. The topological polar surface area (TPSA) is 38.3 Å². The van der Waals surface area contributed by atoms with E-state index in [1.165, 1.54) is 0 Å². The smallest absolute Gasteiger partial charge is 0.234 e. The number of carbonyl (C=O) groups excluding carboxylic acids is 1. The van der Waals surface area contributed by atoms with Crippen LogP contribution in [0, 0.1) is 0 Å². The van der Waals surface area contributed by atoms with Gasteiger partial charge in [-0.25, -0.2) is 0 Å². The first-order valence-corrected chi connectivity index (χ1v) is 8.54. The average molecular weight is 366 g/mol. The molecule has 0 fully saturated rings. The fourth-order valence-corrected chi connectivity index (χ4v) is 2.56. The quantitative estimate of drug-likeness (QED) is 0.739. The van der Waals surface area contributed by atoms with Crippen molar-refractivity contribution in [3.63, 3.8) is 0 Å². The molecule has 0 aliphatic rings. The maximum absolute atomic E-state index is 12.7. The van der Waals surface area contributed by atoms with Crippen LogP contribution in [0.3, 0.4) is 0 Å². The van der Waals surface area contributed by atoms with Gasteiger partial charge < -0.3 is 10.1 Å². The van der Waals surface area contributed by atoms with Crippen LogP contribution in [-0.4, -0.2) is 12.5 Å². The Balaban J connectivity index is 2.17. The highest BCUT2D eigenvalue weighted by atomic mass is 35.5. The van der Waals surface area contributed by atoms with Crippen molar-refractivity contribution in [3.05, 3.63) is 63.6 Å². The predicted molar refractivity (Wildman–Crippen MR) is 99.9 cm³/mol. The van der Waals surface area contributed by atoms with E-state index in [2.05, 4.69) is 5.32 Å². The summed E-state index contributed by atoms with van der Waals surface area (Å²) in [5, 5.41) is 3.87.